The van der Waals surface area contributed by atoms with E-state index in [1.165, 1.54) is 5.56 Å². The summed E-state index contributed by atoms with van der Waals surface area (Å²) in [6.45, 7) is 10.3. The molecule has 0 spiro atoms. The maximum atomic E-state index is 14.3. The van der Waals surface area contributed by atoms with Crippen molar-refractivity contribution in [1.82, 2.24) is 0 Å². The third-order valence-corrected chi connectivity index (χ3v) is 16.9. The second-order valence-corrected chi connectivity index (χ2v) is 18.2. The van der Waals surface area contributed by atoms with Gasteiger partial charge < -0.3 is 0 Å². The molecule has 0 saturated carbocycles. The van der Waals surface area contributed by atoms with Gasteiger partial charge in [0.15, 0.2) is 0 Å². The van der Waals surface area contributed by atoms with Crippen LogP contribution in [0.1, 0.15) is 130 Å². The Balaban J connectivity index is 3.69. The Hall–Kier alpha value is -0.440. The molecule has 35 heavy (non-hydrogen) atoms. The monoisotopic (exact) mass is 528 g/mol. The van der Waals surface area contributed by atoms with E-state index in [1.807, 2.05) is 12.1 Å². The van der Waals surface area contributed by atoms with Gasteiger partial charge in [0.05, 0.1) is 0 Å². The molecule has 1 aromatic carbocycles. The Kier molecular flexibility index (Phi) is 15.3. The Morgan fingerprint density at radius 1 is 0.629 bits per heavy atom. The van der Waals surface area contributed by atoms with E-state index in [2.05, 4.69) is 47.6 Å². The van der Waals surface area contributed by atoms with E-state index in [0.717, 1.165) is 120 Å². The van der Waals surface area contributed by atoms with Gasteiger partial charge in [0.2, 0.25) is 0 Å². The zero-order chi connectivity index (χ0) is 26.2. The second kappa shape index (κ2) is 16.4. The average molecular weight is 529 g/mol. The molecular formula is C30H57O3PS. The van der Waals surface area contributed by atoms with Crippen LogP contribution in [0.25, 0.3) is 0 Å². The molecule has 3 nitrogen and oxygen atoms in total. The maximum absolute atomic E-state index is 14.3. The summed E-state index contributed by atoms with van der Waals surface area (Å²) in [7, 11) is -3.85. The van der Waals surface area contributed by atoms with Gasteiger partial charge in [0.1, 0.15) is 0 Å². The molecule has 206 valence electrons. The SMILES string of the molecule is CCCCc1cccc(S(=O)(=O)OP(CCCC)(CCCC)(CCCC)CCCC)c1CCCC. The minimum atomic E-state index is -3.85. The molecule has 0 atom stereocenters. The van der Waals surface area contributed by atoms with Crippen molar-refractivity contribution in [2.45, 2.75) is 136 Å². The molecule has 0 bridgehead atoms. The van der Waals surface area contributed by atoms with E-state index in [1.54, 1.807) is 0 Å². The number of hydrogen-bond donors (Lipinski definition) is 0. The van der Waals surface area contributed by atoms with Crippen LogP contribution in [0, 0.1) is 0 Å². The van der Waals surface area contributed by atoms with Gasteiger partial charge in [-0.2, -0.15) is 0 Å². The summed E-state index contributed by atoms with van der Waals surface area (Å²) < 4.78 is 35.5. The summed E-state index contributed by atoms with van der Waals surface area (Å²) in [6.07, 6.45) is 18.4. The number of rotatable bonds is 21. The number of unbranched alkanes of at least 4 members (excludes halogenated alkanes) is 6. The second-order valence-electron chi connectivity index (χ2n) is 10.8. The summed E-state index contributed by atoms with van der Waals surface area (Å²) in [6, 6.07) is 5.92. The van der Waals surface area contributed by atoms with Crippen molar-refractivity contribution in [3.63, 3.8) is 0 Å². The van der Waals surface area contributed by atoms with Crippen molar-refractivity contribution in [2.75, 3.05) is 24.6 Å². The fraction of sp³-hybridized carbons (Fsp3) is 0.800. The van der Waals surface area contributed by atoms with Crippen LogP contribution < -0.4 is 0 Å². The molecule has 0 N–H and O–H groups in total. The Morgan fingerprint density at radius 3 is 1.49 bits per heavy atom. The van der Waals surface area contributed by atoms with Crippen molar-refractivity contribution < 1.29 is 12.4 Å². The Labute approximate surface area is 219 Å². The van der Waals surface area contributed by atoms with Crippen LogP contribution in [-0.2, 0) is 26.9 Å². The standard InChI is InChI=1S/C30H57O3PS/c1-7-13-20-28-21-19-23-30(29(28)22-14-8-2)35(31,32)33-34(24-15-9-3,25-16-10-4,26-17-11-5)27-18-12-6/h19,21,23H,7-18,20,22,24-27H2,1-6H3. The average Bonchev–Trinajstić information content (AvgIpc) is 2.86. The molecule has 0 saturated heterocycles. The molecule has 0 aliphatic rings. The van der Waals surface area contributed by atoms with Gasteiger partial charge in [0.25, 0.3) is 0 Å². The number of aryl methyl sites for hydroxylation is 1. The molecule has 0 amide bonds. The van der Waals surface area contributed by atoms with Crippen LogP contribution in [0.5, 0.6) is 0 Å². The van der Waals surface area contributed by atoms with Crippen molar-refractivity contribution >= 4 is 16.9 Å². The molecule has 0 aliphatic carbocycles. The van der Waals surface area contributed by atoms with E-state index in [0.29, 0.717) is 4.90 Å². The summed E-state index contributed by atoms with van der Waals surface area (Å²) in [5.41, 5.74) is 2.23. The molecule has 0 fully saturated rings. The van der Waals surface area contributed by atoms with E-state index < -0.39 is 16.9 Å². The van der Waals surface area contributed by atoms with E-state index in [9.17, 15) is 8.42 Å². The fourth-order valence-electron chi connectivity index (χ4n) is 5.45. The molecule has 0 unspecified atom stereocenters. The van der Waals surface area contributed by atoms with Crippen LogP contribution in [0.3, 0.4) is 0 Å². The molecule has 5 heteroatoms. The molecule has 1 aromatic rings. The van der Waals surface area contributed by atoms with Crippen LogP contribution >= 0.6 is 6.83 Å². The van der Waals surface area contributed by atoms with Gasteiger partial charge in [0, 0.05) is 0 Å². The van der Waals surface area contributed by atoms with Crippen molar-refractivity contribution in [2.24, 2.45) is 0 Å². The summed E-state index contributed by atoms with van der Waals surface area (Å²) >= 11 is 0. The number of benzene rings is 1. The summed E-state index contributed by atoms with van der Waals surface area (Å²) in [4.78, 5) is 0.467. The first-order valence-corrected chi connectivity index (χ1v) is 19.1. The molecule has 0 heterocycles. The Bertz CT molecular complexity index is 775. The first-order chi connectivity index (χ1) is 16.8. The van der Waals surface area contributed by atoms with Crippen LogP contribution in [-0.4, -0.2) is 33.1 Å². The molecular weight excluding hydrogens is 471 g/mol. The van der Waals surface area contributed by atoms with Gasteiger partial charge in [-0.1, -0.05) is 0 Å². The first-order valence-electron chi connectivity index (χ1n) is 14.8. The van der Waals surface area contributed by atoms with E-state index in [4.69, 9.17) is 3.97 Å². The zero-order valence-corrected chi connectivity index (χ0v) is 25.8. The molecule has 0 radical (unpaired) electrons. The predicted molar refractivity (Wildman–Crippen MR) is 158 cm³/mol. The normalized spacial score (nSPS) is 13.6. The van der Waals surface area contributed by atoms with Gasteiger partial charge in [-0.3, -0.25) is 0 Å². The van der Waals surface area contributed by atoms with Crippen LogP contribution in [0.4, 0.5) is 0 Å². The van der Waals surface area contributed by atoms with E-state index >= 15 is 0 Å². The third kappa shape index (κ3) is 9.75. The van der Waals surface area contributed by atoms with Gasteiger partial charge >= 0.3 is 220 Å². The minimum absolute atomic E-state index is 0.467. The molecule has 0 aliphatic heterocycles. The predicted octanol–water partition coefficient (Wildman–Crippen LogP) is 9.75. The third-order valence-electron chi connectivity index (χ3n) is 7.70. The van der Waals surface area contributed by atoms with Gasteiger partial charge in [-0.05, 0) is 0 Å². The number of hydrogen-bond acceptors (Lipinski definition) is 3. The van der Waals surface area contributed by atoms with Crippen LogP contribution in [0.15, 0.2) is 23.1 Å². The summed E-state index contributed by atoms with van der Waals surface area (Å²) in [5, 5.41) is 0. The topological polar surface area (TPSA) is 43.4 Å². The Morgan fingerprint density at radius 2 is 1.06 bits per heavy atom. The zero-order valence-electron chi connectivity index (χ0n) is 24.0. The van der Waals surface area contributed by atoms with Crippen molar-refractivity contribution in [3.05, 3.63) is 29.3 Å². The summed E-state index contributed by atoms with van der Waals surface area (Å²) in [5.74, 6) is 0. The molecule has 0 aromatic heterocycles. The van der Waals surface area contributed by atoms with Gasteiger partial charge in [-0.25, -0.2) is 0 Å². The van der Waals surface area contributed by atoms with Crippen LogP contribution in [0.2, 0.25) is 0 Å². The van der Waals surface area contributed by atoms with Crippen molar-refractivity contribution in [3.8, 4) is 0 Å². The van der Waals surface area contributed by atoms with Crippen molar-refractivity contribution in [1.29, 1.82) is 0 Å². The quantitative estimate of drug-likeness (QED) is 0.149. The van der Waals surface area contributed by atoms with E-state index in [-0.39, 0.29) is 0 Å². The van der Waals surface area contributed by atoms with Gasteiger partial charge in [-0.15, -0.1) is 0 Å². The molecule has 1 rings (SSSR count). The first kappa shape index (κ1) is 32.6. The fourth-order valence-corrected chi connectivity index (χ4v) is 15.8.